The van der Waals surface area contributed by atoms with Gasteiger partial charge in [0.25, 0.3) is 0 Å². The van der Waals surface area contributed by atoms with E-state index < -0.39 is 6.10 Å². The van der Waals surface area contributed by atoms with Crippen LogP contribution in [-0.4, -0.2) is 25.3 Å². The van der Waals surface area contributed by atoms with Gasteiger partial charge in [-0.25, -0.2) is 0 Å². The molecule has 0 amide bonds. The van der Waals surface area contributed by atoms with Gasteiger partial charge in [-0.05, 0) is 48.9 Å². The third-order valence-corrected chi connectivity index (χ3v) is 4.07. The Balaban J connectivity index is 1.72. The Labute approximate surface area is 116 Å². The molecule has 1 saturated carbocycles. The van der Waals surface area contributed by atoms with Gasteiger partial charge in [0.15, 0.2) is 0 Å². The maximum atomic E-state index is 10.1. The predicted molar refractivity (Wildman–Crippen MR) is 77.3 cm³/mol. The summed E-state index contributed by atoms with van der Waals surface area (Å²) in [6.07, 6.45) is 3.57. The third-order valence-electron chi connectivity index (χ3n) is 4.07. The number of hydrogen-bond donors (Lipinski definition) is 2. The van der Waals surface area contributed by atoms with Crippen LogP contribution in [-0.2, 0) is 0 Å². The smallest absolute Gasteiger partial charge is 0.118 e. The summed E-state index contributed by atoms with van der Waals surface area (Å²) in [5.74, 6) is 2.49. The zero-order valence-corrected chi connectivity index (χ0v) is 11.9. The molecule has 0 radical (unpaired) electrons. The van der Waals surface area contributed by atoms with Crippen molar-refractivity contribution in [2.45, 2.75) is 32.3 Å². The molecule has 1 fully saturated rings. The Morgan fingerprint density at radius 3 is 2.63 bits per heavy atom. The highest BCUT2D eigenvalue weighted by molar-refractivity contribution is 5.28. The first-order valence-electron chi connectivity index (χ1n) is 7.21. The Hall–Kier alpha value is -1.06. The Kier molecular flexibility index (Phi) is 5.23. The lowest BCUT2D eigenvalue weighted by Crippen LogP contribution is -2.26. The van der Waals surface area contributed by atoms with Gasteiger partial charge in [0.1, 0.15) is 5.75 Å². The van der Waals surface area contributed by atoms with Crippen molar-refractivity contribution >= 4 is 0 Å². The zero-order valence-electron chi connectivity index (χ0n) is 11.9. The standard InChI is InChI=1S/C16H25NO2/c1-12-3-4-13(9-12)10-17-11-16(18)14-5-7-15(19-2)8-6-14/h5-8,12-13,16-18H,3-4,9-11H2,1-2H3. The third kappa shape index (κ3) is 4.22. The number of methoxy groups -OCH3 is 1. The van der Waals surface area contributed by atoms with Crippen LogP contribution in [0.3, 0.4) is 0 Å². The maximum absolute atomic E-state index is 10.1. The van der Waals surface area contributed by atoms with Gasteiger partial charge in [-0.2, -0.15) is 0 Å². The Morgan fingerprint density at radius 2 is 2.05 bits per heavy atom. The van der Waals surface area contributed by atoms with Crippen molar-refractivity contribution in [3.05, 3.63) is 29.8 Å². The first-order chi connectivity index (χ1) is 9.19. The minimum Gasteiger partial charge on any atom is -0.497 e. The van der Waals surface area contributed by atoms with E-state index in [1.165, 1.54) is 19.3 Å². The largest absolute Gasteiger partial charge is 0.497 e. The second-order valence-corrected chi connectivity index (χ2v) is 5.73. The fourth-order valence-electron chi connectivity index (χ4n) is 2.88. The summed E-state index contributed by atoms with van der Waals surface area (Å²) < 4.78 is 5.11. The molecule has 0 spiro atoms. The summed E-state index contributed by atoms with van der Waals surface area (Å²) in [6, 6.07) is 7.61. The van der Waals surface area contributed by atoms with E-state index in [2.05, 4.69) is 12.2 Å². The molecule has 0 heterocycles. The molecular formula is C16H25NO2. The quantitative estimate of drug-likeness (QED) is 0.829. The summed E-state index contributed by atoms with van der Waals surface area (Å²) in [6.45, 7) is 3.97. The van der Waals surface area contributed by atoms with E-state index in [4.69, 9.17) is 4.74 Å². The summed E-state index contributed by atoms with van der Waals surface area (Å²) in [4.78, 5) is 0. The van der Waals surface area contributed by atoms with Crippen molar-refractivity contribution in [3.63, 3.8) is 0 Å². The molecule has 3 atom stereocenters. The first-order valence-corrected chi connectivity index (χ1v) is 7.21. The van der Waals surface area contributed by atoms with E-state index >= 15 is 0 Å². The highest BCUT2D eigenvalue weighted by atomic mass is 16.5. The van der Waals surface area contributed by atoms with E-state index in [-0.39, 0.29) is 0 Å². The molecule has 19 heavy (non-hydrogen) atoms. The van der Waals surface area contributed by atoms with Gasteiger partial charge in [-0.15, -0.1) is 0 Å². The molecular weight excluding hydrogens is 238 g/mol. The second-order valence-electron chi connectivity index (χ2n) is 5.73. The van der Waals surface area contributed by atoms with E-state index in [0.29, 0.717) is 6.54 Å². The summed E-state index contributed by atoms with van der Waals surface area (Å²) in [5, 5.41) is 13.5. The van der Waals surface area contributed by atoms with E-state index in [1.54, 1.807) is 7.11 Å². The van der Waals surface area contributed by atoms with Crippen molar-refractivity contribution in [2.24, 2.45) is 11.8 Å². The monoisotopic (exact) mass is 263 g/mol. The molecule has 1 aliphatic carbocycles. The minimum absolute atomic E-state index is 0.440. The number of ether oxygens (including phenoxy) is 1. The van der Waals surface area contributed by atoms with E-state index in [1.807, 2.05) is 24.3 Å². The molecule has 1 aliphatic rings. The van der Waals surface area contributed by atoms with E-state index in [0.717, 1.165) is 29.7 Å². The van der Waals surface area contributed by atoms with Crippen molar-refractivity contribution in [3.8, 4) is 5.75 Å². The SMILES string of the molecule is COc1ccc(C(O)CNCC2CCC(C)C2)cc1. The average Bonchev–Trinajstić information content (AvgIpc) is 2.84. The van der Waals surface area contributed by atoms with Crippen LogP contribution in [0.1, 0.15) is 37.9 Å². The summed E-state index contributed by atoms with van der Waals surface area (Å²) in [7, 11) is 1.65. The van der Waals surface area contributed by atoms with Gasteiger partial charge < -0.3 is 15.2 Å². The number of hydrogen-bond acceptors (Lipinski definition) is 3. The predicted octanol–water partition coefficient (Wildman–Crippen LogP) is 2.75. The molecule has 0 aliphatic heterocycles. The number of aliphatic hydroxyl groups is 1. The minimum atomic E-state index is -0.440. The second kappa shape index (κ2) is 6.92. The van der Waals surface area contributed by atoms with Crippen LogP contribution in [0.4, 0.5) is 0 Å². The van der Waals surface area contributed by atoms with Gasteiger partial charge >= 0.3 is 0 Å². The highest BCUT2D eigenvalue weighted by Gasteiger charge is 2.20. The van der Waals surface area contributed by atoms with Crippen LogP contribution in [0.15, 0.2) is 24.3 Å². The van der Waals surface area contributed by atoms with Gasteiger partial charge in [-0.1, -0.05) is 25.5 Å². The van der Waals surface area contributed by atoms with Crippen LogP contribution in [0.5, 0.6) is 5.75 Å². The van der Waals surface area contributed by atoms with E-state index in [9.17, 15) is 5.11 Å². The lowest BCUT2D eigenvalue weighted by molar-refractivity contribution is 0.172. The highest BCUT2D eigenvalue weighted by Crippen LogP contribution is 2.29. The van der Waals surface area contributed by atoms with Gasteiger partial charge in [0, 0.05) is 6.54 Å². The van der Waals surface area contributed by atoms with Crippen molar-refractivity contribution in [2.75, 3.05) is 20.2 Å². The molecule has 0 bridgehead atoms. The molecule has 0 aromatic heterocycles. The average molecular weight is 263 g/mol. The molecule has 1 aromatic rings. The van der Waals surface area contributed by atoms with Gasteiger partial charge in [0.2, 0.25) is 0 Å². The first kappa shape index (κ1) is 14.4. The van der Waals surface area contributed by atoms with Gasteiger partial charge in [-0.3, -0.25) is 0 Å². The van der Waals surface area contributed by atoms with Gasteiger partial charge in [0.05, 0.1) is 13.2 Å². The Bertz CT molecular complexity index is 377. The summed E-state index contributed by atoms with van der Waals surface area (Å²) in [5.41, 5.74) is 0.938. The summed E-state index contributed by atoms with van der Waals surface area (Å²) >= 11 is 0. The molecule has 2 N–H and O–H groups in total. The molecule has 1 aromatic carbocycles. The molecule has 2 rings (SSSR count). The lowest BCUT2D eigenvalue weighted by Gasteiger charge is -2.15. The van der Waals surface area contributed by atoms with Crippen molar-refractivity contribution in [1.82, 2.24) is 5.32 Å². The molecule has 0 saturated heterocycles. The number of nitrogens with one attached hydrogen (secondary N) is 1. The van der Waals surface area contributed by atoms with Crippen molar-refractivity contribution < 1.29 is 9.84 Å². The fourth-order valence-corrected chi connectivity index (χ4v) is 2.88. The van der Waals surface area contributed by atoms with Crippen LogP contribution >= 0.6 is 0 Å². The fraction of sp³-hybridized carbons (Fsp3) is 0.625. The van der Waals surface area contributed by atoms with Crippen molar-refractivity contribution in [1.29, 1.82) is 0 Å². The Morgan fingerprint density at radius 1 is 1.32 bits per heavy atom. The molecule has 3 unspecified atom stereocenters. The lowest BCUT2D eigenvalue weighted by atomic mass is 10.1. The number of benzene rings is 1. The topological polar surface area (TPSA) is 41.5 Å². The maximum Gasteiger partial charge on any atom is 0.118 e. The number of aliphatic hydroxyl groups excluding tert-OH is 1. The zero-order chi connectivity index (χ0) is 13.7. The molecule has 3 nitrogen and oxygen atoms in total. The van der Waals surface area contributed by atoms with Crippen LogP contribution in [0.25, 0.3) is 0 Å². The molecule has 3 heteroatoms. The normalized spacial score (nSPS) is 24.4. The van der Waals surface area contributed by atoms with Crippen LogP contribution < -0.4 is 10.1 Å². The van der Waals surface area contributed by atoms with Crippen LogP contribution in [0, 0.1) is 11.8 Å². The number of rotatable bonds is 6. The van der Waals surface area contributed by atoms with Crippen LogP contribution in [0.2, 0.25) is 0 Å². The molecule has 106 valence electrons.